The minimum Gasteiger partial charge on any atom is -0.393 e. The molecule has 1 saturated carbocycles. The third-order valence-electron chi connectivity index (χ3n) is 3.42. The summed E-state index contributed by atoms with van der Waals surface area (Å²) >= 11 is 5.05. The lowest BCUT2D eigenvalue weighted by molar-refractivity contribution is 0.127. The number of rotatable bonds is 5. The van der Waals surface area contributed by atoms with E-state index < -0.39 is 15.3 Å². The van der Waals surface area contributed by atoms with Crippen molar-refractivity contribution in [3.63, 3.8) is 0 Å². The van der Waals surface area contributed by atoms with Crippen molar-refractivity contribution in [1.82, 2.24) is 0 Å². The van der Waals surface area contributed by atoms with Gasteiger partial charge in [0.25, 0.3) is 0 Å². The van der Waals surface area contributed by atoms with Gasteiger partial charge in [-0.2, -0.15) is 0 Å². The van der Waals surface area contributed by atoms with Crippen LogP contribution in [0, 0.1) is 5.41 Å². The quantitative estimate of drug-likeness (QED) is 0.748. The Morgan fingerprint density at radius 1 is 1.62 bits per heavy atom. The molecule has 2 N–H and O–H groups in total. The fraction of sp³-hybridized carbons (Fsp3) is 0.900. The first-order valence-electron chi connectivity index (χ1n) is 5.38. The average Bonchev–Trinajstić information content (AvgIpc) is 2.65. The van der Waals surface area contributed by atoms with E-state index in [9.17, 15) is 8.42 Å². The summed E-state index contributed by atoms with van der Waals surface area (Å²) in [6.45, 7) is 2.09. The standard InChI is InChI=1S/C10H19NO3S2/c1-3-16(12,13)8-4-5-10(6-8,7-14-2)9(11)15/h8H,3-7H2,1-2H3,(H2,11,15)/t8-,10-/m0/s1. The highest BCUT2D eigenvalue weighted by Crippen LogP contribution is 2.41. The van der Waals surface area contributed by atoms with Crippen LogP contribution in [0.5, 0.6) is 0 Å². The number of thiocarbonyl (C=S) groups is 1. The van der Waals surface area contributed by atoms with E-state index in [-0.39, 0.29) is 11.0 Å². The van der Waals surface area contributed by atoms with Crippen LogP contribution in [0.3, 0.4) is 0 Å². The SMILES string of the molecule is CCS(=O)(=O)[C@H]1CC[C@](COC)(C(N)=S)C1. The van der Waals surface area contributed by atoms with Gasteiger partial charge >= 0.3 is 0 Å². The molecule has 4 nitrogen and oxygen atoms in total. The highest BCUT2D eigenvalue weighted by Gasteiger charge is 2.45. The van der Waals surface area contributed by atoms with Crippen molar-refractivity contribution >= 4 is 27.0 Å². The Morgan fingerprint density at radius 3 is 2.69 bits per heavy atom. The van der Waals surface area contributed by atoms with E-state index in [1.807, 2.05) is 0 Å². The van der Waals surface area contributed by atoms with Gasteiger partial charge in [-0.1, -0.05) is 19.1 Å². The molecule has 1 fully saturated rings. The molecule has 0 bridgehead atoms. The van der Waals surface area contributed by atoms with Gasteiger partial charge < -0.3 is 10.5 Å². The molecule has 2 atom stereocenters. The van der Waals surface area contributed by atoms with Gasteiger partial charge in [-0.3, -0.25) is 0 Å². The van der Waals surface area contributed by atoms with Gasteiger partial charge in [0.1, 0.15) is 0 Å². The van der Waals surface area contributed by atoms with Crippen molar-refractivity contribution < 1.29 is 13.2 Å². The van der Waals surface area contributed by atoms with Crippen molar-refractivity contribution in [3.8, 4) is 0 Å². The van der Waals surface area contributed by atoms with Crippen LogP contribution in [0.4, 0.5) is 0 Å². The first-order valence-corrected chi connectivity index (χ1v) is 7.51. The van der Waals surface area contributed by atoms with Crippen LogP contribution >= 0.6 is 12.2 Å². The molecule has 6 heteroatoms. The van der Waals surface area contributed by atoms with Crippen LogP contribution in [-0.2, 0) is 14.6 Å². The zero-order chi connectivity index (χ0) is 12.4. The predicted octanol–water partition coefficient (Wildman–Crippen LogP) is 0.892. The van der Waals surface area contributed by atoms with E-state index in [4.69, 9.17) is 22.7 Å². The second-order valence-electron chi connectivity index (χ2n) is 4.39. The monoisotopic (exact) mass is 265 g/mol. The van der Waals surface area contributed by atoms with Crippen molar-refractivity contribution in [3.05, 3.63) is 0 Å². The largest absolute Gasteiger partial charge is 0.393 e. The summed E-state index contributed by atoms with van der Waals surface area (Å²) in [7, 11) is -1.41. The van der Waals surface area contributed by atoms with E-state index >= 15 is 0 Å². The summed E-state index contributed by atoms with van der Waals surface area (Å²) < 4.78 is 28.7. The zero-order valence-electron chi connectivity index (χ0n) is 9.73. The average molecular weight is 265 g/mol. The molecule has 1 rings (SSSR count). The maximum absolute atomic E-state index is 11.8. The van der Waals surface area contributed by atoms with Gasteiger partial charge in [-0.05, 0) is 19.3 Å². The van der Waals surface area contributed by atoms with Gasteiger partial charge in [-0.25, -0.2) is 8.42 Å². The number of nitrogens with two attached hydrogens (primary N) is 1. The molecule has 0 radical (unpaired) electrons. The van der Waals surface area contributed by atoms with Gasteiger partial charge in [0.05, 0.1) is 16.8 Å². The van der Waals surface area contributed by atoms with Crippen molar-refractivity contribution in [2.24, 2.45) is 11.1 Å². The molecule has 1 aliphatic rings. The molecule has 0 aliphatic heterocycles. The second kappa shape index (κ2) is 4.98. The topological polar surface area (TPSA) is 69.4 Å². The minimum atomic E-state index is -2.99. The van der Waals surface area contributed by atoms with Crippen molar-refractivity contribution in [2.75, 3.05) is 19.5 Å². The molecule has 0 amide bonds. The Balaban J connectivity index is 2.87. The van der Waals surface area contributed by atoms with Crippen molar-refractivity contribution in [2.45, 2.75) is 31.4 Å². The molecule has 0 aromatic rings. The molecule has 94 valence electrons. The van der Waals surface area contributed by atoms with Gasteiger partial charge in [0.15, 0.2) is 9.84 Å². The number of methoxy groups -OCH3 is 1. The minimum absolute atomic E-state index is 0.179. The van der Waals surface area contributed by atoms with Crippen LogP contribution in [0.1, 0.15) is 26.2 Å². The van der Waals surface area contributed by atoms with Crippen molar-refractivity contribution in [1.29, 1.82) is 0 Å². The summed E-state index contributed by atoms with van der Waals surface area (Å²) in [5, 5.41) is -0.311. The summed E-state index contributed by atoms with van der Waals surface area (Å²) in [6, 6.07) is 0. The Labute approximate surface area is 102 Å². The second-order valence-corrected chi connectivity index (χ2v) is 7.40. The first kappa shape index (κ1) is 13.9. The zero-order valence-corrected chi connectivity index (χ0v) is 11.4. The maximum atomic E-state index is 11.8. The van der Waals surface area contributed by atoms with Gasteiger partial charge in [0, 0.05) is 18.3 Å². The number of sulfone groups is 1. The molecule has 0 unspecified atom stereocenters. The molecule has 0 heterocycles. The Bertz CT molecular complexity index is 366. The number of hydrogen-bond donors (Lipinski definition) is 1. The molecule has 16 heavy (non-hydrogen) atoms. The molecule has 0 spiro atoms. The number of hydrogen-bond acceptors (Lipinski definition) is 4. The molecular weight excluding hydrogens is 246 g/mol. The number of ether oxygens (including phenoxy) is 1. The summed E-state index contributed by atoms with van der Waals surface area (Å²) in [5.74, 6) is 0.179. The summed E-state index contributed by atoms with van der Waals surface area (Å²) in [4.78, 5) is 0.378. The molecule has 1 aliphatic carbocycles. The Morgan fingerprint density at radius 2 is 2.25 bits per heavy atom. The smallest absolute Gasteiger partial charge is 0.152 e. The van der Waals surface area contributed by atoms with Crippen LogP contribution < -0.4 is 5.73 Å². The lowest BCUT2D eigenvalue weighted by Crippen LogP contribution is -2.38. The third kappa shape index (κ3) is 2.55. The van der Waals surface area contributed by atoms with Crippen LogP contribution in [-0.4, -0.2) is 38.1 Å². The summed E-state index contributed by atoms with van der Waals surface area (Å²) in [6.07, 6.45) is 1.85. The van der Waals surface area contributed by atoms with Crippen LogP contribution in [0.25, 0.3) is 0 Å². The normalized spacial score (nSPS) is 30.5. The third-order valence-corrected chi connectivity index (χ3v) is 6.07. The van der Waals surface area contributed by atoms with Crippen LogP contribution in [0.15, 0.2) is 0 Å². The highest BCUT2D eigenvalue weighted by molar-refractivity contribution is 7.92. The Hall–Kier alpha value is -0.200. The van der Waals surface area contributed by atoms with E-state index in [1.54, 1.807) is 14.0 Å². The van der Waals surface area contributed by atoms with E-state index in [2.05, 4.69) is 0 Å². The van der Waals surface area contributed by atoms with Gasteiger partial charge in [-0.15, -0.1) is 0 Å². The van der Waals surface area contributed by atoms with E-state index in [0.29, 0.717) is 30.9 Å². The van der Waals surface area contributed by atoms with Gasteiger partial charge in [0.2, 0.25) is 0 Å². The van der Waals surface area contributed by atoms with E-state index in [1.165, 1.54) is 0 Å². The molecule has 0 aromatic carbocycles. The summed E-state index contributed by atoms with van der Waals surface area (Å²) in [5.41, 5.74) is 5.30. The Kier molecular flexibility index (Phi) is 4.31. The fourth-order valence-corrected chi connectivity index (χ4v) is 4.09. The lowest BCUT2D eigenvalue weighted by atomic mass is 9.87. The highest BCUT2D eigenvalue weighted by atomic mass is 32.2. The van der Waals surface area contributed by atoms with Crippen LogP contribution in [0.2, 0.25) is 0 Å². The predicted molar refractivity (Wildman–Crippen MR) is 68.2 cm³/mol. The fourth-order valence-electron chi connectivity index (χ4n) is 2.32. The van der Waals surface area contributed by atoms with E-state index in [0.717, 1.165) is 0 Å². The maximum Gasteiger partial charge on any atom is 0.152 e. The molecule has 0 saturated heterocycles. The lowest BCUT2D eigenvalue weighted by Gasteiger charge is -2.27. The molecule has 0 aromatic heterocycles. The molecular formula is C10H19NO3S2. The first-order chi connectivity index (χ1) is 7.38.